The number of morpholine rings is 1. The average molecular weight is 462 g/mol. The van der Waals surface area contributed by atoms with Crippen molar-refractivity contribution in [2.75, 3.05) is 19.6 Å². The van der Waals surface area contributed by atoms with Crippen LogP contribution in [0.1, 0.15) is 52.2 Å². The van der Waals surface area contributed by atoms with Crippen LogP contribution in [0.25, 0.3) is 10.9 Å². The van der Waals surface area contributed by atoms with Gasteiger partial charge in [0.25, 0.3) is 5.91 Å². The average Bonchev–Trinajstić information content (AvgIpc) is 3.14. The number of Topliss-reactive ketones (excluding diaryl/α,β-unsaturated/α-hetero) is 1. The second-order valence-electron chi connectivity index (χ2n) is 9.64. The summed E-state index contributed by atoms with van der Waals surface area (Å²) in [5, 5.41) is 9.87. The van der Waals surface area contributed by atoms with Crippen LogP contribution in [0.5, 0.6) is 0 Å². The second kappa shape index (κ2) is 9.33. The number of ketones is 1. The Morgan fingerprint density at radius 1 is 1.09 bits per heavy atom. The molecule has 0 radical (unpaired) electrons. The molecule has 5 rings (SSSR count). The molecule has 1 amide bonds. The van der Waals surface area contributed by atoms with E-state index < -0.39 is 5.91 Å². The first-order valence-electron chi connectivity index (χ1n) is 12.0. The largest absolute Gasteiger partial charge is 0.373 e. The van der Waals surface area contributed by atoms with Crippen molar-refractivity contribution in [2.45, 2.75) is 45.4 Å². The van der Waals surface area contributed by atoms with Crippen LogP contribution in [0.3, 0.4) is 0 Å². The summed E-state index contributed by atoms with van der Waals surface area (Å²) in [4.78, 5) is 27.8. The van der Waals surface area contributed by atoms with Crippen LogP contribution in [0, 0.1) is 5.92 Å². The Labute approximate surface area is 199 Å². The number of nitrogens with zero attached hydrogens (tertiary/aromatic N) is 2. The van der Waals surface area contributed by atoms with Gasteiger partial charge in [0.15, 0.2) is 5.78 Å². The Bertz CT molecular complexity index is 1210. The number of fused-ring (bicyclic) bond motifs is 3. The number of hydrogen-bond acceptors (Lipinski definition) is 5. The molecular weight excluding hydrogens is 430 g/mol. The highest BCUT2D eigenvalue weighted by Gasteiger charge is 2.35. The standard InChI is InChI=1S/C27H31N3O4/c1-17-13-29(14-18(2)34-17)16-21-11-12-24-25(26(21)31)22-5-3-4-6-23(22)30(24)15-19-7-9-20(10-8-19)27(32)28-33/h3-10,17-18,21,33H,11-16H2,1-2H3,(H,28,32). The molecule has 2 aliphatic rings. The minimum absolute atomic E-state index is 0.000494. The summed E-state index contributed by atoms with van der Waals surface area (Å²) in [7, 11) is 0. The van der Waals surface area contributed by atoms with Crippen molar-refractivity contribution >= 4 is 22.6 Å². The van der Waals surface area contributed by atoms with Crippen molar-refractivity contribution in [3.05, 3.63) is 70.9 Å². The Morgan fingerprint density at radius 2 is 1.79 bits per heavy atom. The third-order valence-corrected chi connectivity index (χ3v) is 7.06. The molecule has 2 N–H and O–H groups in total. The van der Waals surface area contributed by atoms with E-state index in [1.165, 1.54) is 0 Å². The van der Waals surface area contributed by atoms with Gasteiger partial charge < -0.3 is 9.30 Å². The van der Waals surface area contributed by atoms with Gasteiger partial charge in [-0.2, -0.15) is 0 Å². The molecule has 1 fully saturated rings. The first-order valence-corrected chi connectivity index (χ1v) is 12.0. The third-order valence-electron chi connectivity index (χ3n) is 7.06. The van der Waals surface area contributed by atoms with Crippen LogP contribution in [0.4, 0.5) is 0 Å². The number of amides is 1. The van der Waals surface area contributed by atoms with E-state index in [0.717, 1.165) is 60.2 Å². The minimum atomic E-state index is -0.531. The molecule has 0 spiro atoms. The number of para-hydroxylation sites is 1. The maximum absolute atomic E-state index is 13.7. The summed E-state index contributed by atoms with van der Waals surface area (Å²) >= 11 is 0. The van der Waals surface area contributed by atoms with E-state index in [0.29, 0.717) is 12.1 Å². The van der Waals surface area contributed by atoms with Crippen molar-refractivity contribution in [1.29, 1.82) is 0 Å². The van der Waals surface area contributed by atoms with Gasteiger partial charge in [-0.15, -0.1) is 0 Å². The molecule has 1 saturated heterocycles. The van der Waals surface area contributed by atoms with Gasteiger partial charge in [-0.3, -0.25) is 19.7 Å². The van der Waals surface area contributed by atoms with Gasteiger partial charge in [0.2, 0.25) is 0 Å². The Morgan fingerprint density at radius 3 is 2.50 bits per heavy atom. The van der Waals surface area contributed by atoms with Crippen molar-refractivity contribution in [1.82, 2.24) is 14.9 Å². The molecule has 7 heteroatoms. The number of aromatic nitrogens is 1. The number of benzene rings is 2. The third kappa shape index (κ3) is 4.27. The zero-order chi connectivity index (χ0) is 23.8. The number of carbonyl (C=O) groups is 2. The van der Waals surface area contributed by atoms with Gasteiger partial charge in [-0.05, 0) is 50.5 Å². The quantitative estimate of drug-likeness (QED) is 0.448. The van der Waals surface area contributed by atoms with Gasteiger partial charge in [0.1, 0.15) is 0 Å². The van der Waals surface area contributed by atoms with E-state index >= 15 is 0 Å². The molecule has 0 saturated carbocycles. The number of hydrogen-bond donors (Lipinski definition) is 2. The van der Waals surface area contributed by atoms with Crippen LogP contribution < -0.4 is 5.48 Å². The summed E-state index contributed by atoms with van der Waals surface area (Å²) in [6.07, 6.45) is 2.09. The normalized spacial score (nSPS) is 23.1. The van der Waals surface area contributed by atoms with Crippen molar-refractivity contribution in [3.8, 4) is 0 Å². The van der Waals surface area contributed by atoms with Gasteiger partial charge in [0.05, 0.1) is 12.2 Å². The van der Waals surface area contributed by atoms with Crippen molar-refractivity contribution in [2.24, 2.45) is 5.92 Å². The molecule has 2 aromatic carbocycles. The van der Waals surface area contributed by atoms with Crippen LogP contribution >= 0.6 is 0 Å². The molecule has 3 aromatic rings. The lowest BCUT2D eigenvalue weighted by atomic mass is 9.84. The predicted molar refractivity (Wildman–Crippen MR) is 129 cm³/mol. The monoisotopic (exact) mass is 461 g/mol. The van der Waals surface area contributed by atoms with Crippen molar-refractivity contribution in [3.63, 3.8) is 0 Å². The van der Waals surface area contributed by atoms with Crippen LogP contribution in [-0.4, -0.2) is 58.2 Å². The van der Waals surface area contributed by atoms with E-state index in [1.54, 1.807) is 17.6 Å². The topological polar surface area (TPSA) is 83.8 Å². The fourth-order valence-electron chi connectivity index (χ4n) is 5.65. The van der Waals surface area contributed by atoms with Gasteiger partial charge >= 0.3 is 0 Å². The summed E-state index contributed by atoms with van der Waals surface area (Å²) in [6.45, 7) is 7.33. The molecule has 3 atom stereocenters. The summed E-state index contributed by atoms with van der Waals surface area (Å²) < 4.78 is 8.12. The molecular formula is C27H31N3O4. The van der Waals surface area contributed by atoms with Crippen LogP contribution in [0.15, 0.2) is 48.5 Å². The number of hydroxylamine groups is 1. The van der Waals surface area contributed by atoms with E-state index in [2.05, 4.69) is 35.4 Å². The first-order chi connectivity index (χ1) is 16.4. The summed E-state index contributed by atoms with van der Waals surface area (Å²) in [6, 6.07) is 15.3. The molecule has 178 valence electrons. The highest BCUT2D eigenvalue weighted by Crippen LogP contribution is 2.35. The lowest BCUT2D eigenvalue weighted by Crippen LogP contribution is -2.48. The summed E-state index contributed by atoms with van der Waals surface area (Å²) in [5.74, 6) is -0.283. The fourth-order valence-corrected chi connectivity index (χ4v) is 5.65. The van der Waals surface area contributed by atoms with Gasteiger partial charge in [-0.25, -0.2) is 5.48 Å². The zero-order valence-electron chi connectivity index (χ0n) is 19.7. The Kier molecular flexibility index (Phi) is 6.25. The van der Waals surface area contributed by atoms with Gasteiger partial charge in [0, 0.05) is 59.8 Å². The number of rotatable bonds is 5. The van der Waals surface area contributed by atoms with Gasteiger partial charge in [-0.1, -0.05) is 30.3 Å². The fraction of sp³-hybridized carbons (Fsp3) is 0.407. The minimum Gasteiger partial charge on any atom is -0.373 e. The summed E-state index contributed by atoms with van der Waals surface area (Å²) in [5.41, 5.74) is 6.13. The smallest absolute Gasteiger partial charge is 0.274 e. The molecule has 3 unspecified atom stereocenters. The van der Waals surface area contributed by atoms with Crippen LogP contribution in [0.2, 0.25) is 0 Å². The maximum atomic E-state index is 13.7. The van der Waals surface area contributed by atoms with Crippen LogP contribution in [-0.2, 0) is 17.7 Å². The zero-order valence-corrected chi connectivity index (χ0v) is 19.7. The van der Waals surface area contributed by atoms with E-state index in [-0.39, 0.29) is 23.9 Å². The predicted octanol–water partition coefficient (Wildman–Crippen LogP) is 3.66. The van der Waals surface area contributed by atoms with E-state index in [9.17, 15) is 9.59 Å². The SMILES string of the molecule is CC1CN(CC2CCc3c(c4ccccc4n3Cc3ccc(C(=O)NO)cc3)C2=O)CC(C)O1. The molecule has 0 bridgehead atoms. The molecule has 1 aliphatic carbocycles. The highest BCUT2D eigenvalue weighted by atomic mass is 16.5. The van der Waals surface area contributed by atoms with E-state index in [1.807, 2.05) is 24.3 Å². The van der Waals surface area contributed by atoms with Crippen molar-refractivity contribution < 1.29 is 19.5 Å². The number of nitrogens with one attached hydrogen (secondary N) is 1. The molecule has 2 heterocycles. The Hall–Kier alpha value is -3.00. The maximum Gasteiger partial charge on any atom is 0.274 e. The lowest BCUT2D eigenvalue weighted by molar-refractivity contribution is -0.0707. The molecule has 7 nitrogen and oxygen atoms in total. The molecule has 1 aromatic heterocycles. The first kappa shape index (κ1) is 22.8. The highest BCUT2D eigenvalue weighted by molar-refractivity contribution is 6.11. The lowest BCUT2D eigenvalue weighted by Gasteiger charge is -2.37. The van der Waals surface area contributed by atoms with E-state index in [4.69, 9.17) is 9.94 Å². The molecule has 1 aliphatic heterocycles. The number of carbonyl (C=O) groups excluding carboxylic acids is 2. The second-order valence-corrected chi connectivity index (χ2v) is 9.64. The Balaban J connectivity index is 1.43. The molecule has 34 heavy (non-hydrogen) atoms. The number of ether oxygens (including phenoxy) is 1.